The fourth-order valence-corrected chi connectivity index (χ4v) is 6.24. The third kappa shape index (κ3) is 18.0. The van der Waals surface area contributed by atoms with Gasteiger partial charge in [-0.3, -0.25) is 9.36 Å². The summed E-state index contributed by atoms with van der Waals surface area (Å²) < 4.78 is 29.8. The fraction of sp³-hybridized carbons (Fsp3) is 0.964. The Balaban J connectivity index is 2.10. The van der Waals surface area contributed by atoms with Crippen LogP contribution in [-0.4, -0.2) is 31.4 Å². The van der Waals surface area contributed by atoms with Crippen LogP contribution in [0.2, 0.25) is 0 Å². The Morgan fingerprint density at radius 2 is 0.971 bits per heavy atom. The quantitative estimate of drug-likeness (QED) is 0.0669. The van der Waals surface area contributed by atoms with Crippen molar-refractivity contribution in [2.75, 3.05) is 19.4 Å². The van der Waals surface area contributed by atoms with Crippen molar-refractivity contribution in [2.24, 2.45) is 0 Å². The van der Waals surface area contributed by atoms with E-state index in [1.165, 1.54) is 103 Å². The van der Waals surface area contributed by atoms with Crippen molar-refractivity contribution in [3.8, 4) is 0 Å². The maximum atomic E-state index is 13.2. The standard InChI is InChI=1S/C28H55O5P/c1-3-5-7-9-11-13-15-17-19-21-23-31-34(30,26-27-25-28(29)33-27)32-24-22-20-18-16-14-12-10-8-6-4-2/h27H,3-26H2,1-2H3. The zero-order chi connectivity index (χ0) is 24.7. The summed E-state index contributed by atoms with van der Waals surface area (Å²) in [5.74, 6) is -0.221. The van der Waals surface area contributed by atoms with Crippen LogP contribution in [0, 0.1) is 0 Å². The molecule has 0 aromatic carbocycles. The van der Waals surface area contributed by atoms with E-state index in [1.54, 1.807) is 0 Å². The molecular formula is C28H55O5P. The van der Waals surface area contributed by atoms with Crippen LogP contribution in [0.5, 0.6) is 0 Å². The molecule has 0 radical (unpaired) electrons. The number of unbranched alkanes of at least 4 members (excludes halogenated alkanes) is 18. The average Bonchev–Trinajstić information content (AvgIpc) is 2.80. The van der Waals surface area contributed by atoms with Crippen molar-refractivity contribution in [1.82, 2.24) is 0 Å². The van der Waals surface area contributed by atoms with E-state index in [0.717, 1.165) is 25.7 Å². The second-order valence-corrected chi connectivity index (χ2v) is 12.2. The Bertz CT molecular complexity index is 487. The highest BCUT2D eigenvalue weighted by Crippen LogP contribution is 2.50. The van der Waals surface area contributed by atoms with Crippen molar-refractivity contribution >= 4 is 13.6 Å². The van der Waals surface area contributed by atoms with Crippen LogP contribution in [0.3, 0.4) is 0 Å². The Morgan fingerprint density at radius 3 is 1.29 bits per heavy atom. The summed E-state index contributed by atoms with van der Waals surface area (Å²) in [6.45, 7) is 5.44. The zero-order valence-corrected chi connectivity index (χ0v) is 23.4. The lowest BCUT2D eigenvalue weighted by Gasteiger charge is -2.28. The lowest BCUT2D eigenvalue weighted by molar-refractivity contribution is -0.167. The molecule has 1 heterocycles. The summed E-state index contributed by atoms with van der Waals surface area (Å²) in [6, 6.07) is 0. The van der Waals surface area contributed by atoms with Gasteiger partial charge in [-0.05, 0) is 12.8 Å². The molecule has 0 bridgehead atoms. The van der Waals surface area contributed by atoms with Gasteiger partial charge in [-0.2, -0.15) is 0 Å². The maximum absolute atomic E-state index is 13.2. The molecular weight excluding hydrogens is 447 g/mol. The molecule has 6 heteroatoms. The molecule has 202 valence electrons. The molecule has 1 aliphatic heterocycles. The molecule has 1 atom stereocenters. The average molecular weight is 503 g/mol. The summed E-state index contributed by atoms with van der Waals surface area (Å²) in [6.07, 6.45) is 25.3. The molecule has 0 spiro atoms. The molecule has 0 aromatic rings. The smallest absolute Gasteiger partial charge is 0.334 e. The number of ether oxygens (including phenoxy) is 1. The highest BCUT2D eigenvalue weighted by molar-refractivity contribution is 7.53. The number of hydrogen-bond acceptors (Lipinski definition) is 5. The first-order valence-corrected chi connectivity index (χ1v) is 16.4. The monoisotopic (exact) mass is 502 g/mol. The van der Waals surface area contributed by atoms with Crippen LogP contribution in [0.15, 0.2) is 0 Å². The number of cyclic esters (lactones) is 1. The summed E-state index contributed by atoms with van der Waals surface area (Å²) in [5.41, 5.74) is 0. The Kier molecular flexibility index (Phi) is 20.4. The number of rotatable bonds is 26. The van der Waals surface area contributed by atoms with Gasteiger partial charge in [0.25, 0.3) is 0 Å². The van der Waals surface area contributed by atoms with Gasteiger partial charge in [0.15, 0.2) is 0 Å². The van der Waals surface area contributed by atoms with Crippen LogP contribution in [-0.2, 0) is 23.1 Å². The first-order chi connectivity index (χ1) is 16.6. The molecule has 1 saturated heterocycles. The topological polar surface area (TPSA) is 61.8 Å². The summed E-state index contributed by atoms with van der Waals surface area (Å²) in [7, 11) is -3.20. The van der Waals surface area contributed by atoms with Gasteiger partial charge in [0.1, 0.15) is 6.10 Å². The predicted molar refractivity (Wildman–Crippen MR) is 143 cm³/mol. The van der Waals surface area contributed by atoms with E-state index in [2.05, 4.69) is 13.8 Å². The number of esters is 1. The summed E-state index contributed by atoms with van der Waals surface area (Å²) in [4.78, 5) is 11.1. The van der Waals surface area contributed by atoms with E-state index >= 15 is 0 Å². The highest BCUT2D eigenvalue weighted by atomic mass is 31.2. The first kappa shape index (κ1) is 31.6. The molecule has 5 nitrogen and oxygen atoms in total. The third-order valence-corrected chi connectivity index (χ3v) is 8.70. The minimum absolute atomic E-state index is 0.203. The Labute approximate surface area is 211 Å². The largest absolute Gasteiger partial charge is 0.461 e. The molecule has 1 rings (SSSR count). The van der Waals surface area contributed by atoms with Gasteiger partial charge in [0, 0.05) is 0 Å². The maximum Gasteiger partial charge on any atom is 0.334 e. The van der Waals surface area contributed by atoms with Gasteiger partial charge >= 0.3 is 13.6 Å². The second-order valence-electron chi connectivity index (χ2n) is 10.1. The minimum Gasteiger partial charge on any atom is -0.461 e. The van der Waals surface area contributed by atoms with Crippen LogP contribution in [0.1, 0.15) is 149 Å². The molecule has 0 N–H and O–H groups in total. The molecule has 0 aliphatic carbocycles. The summed E-state index contributed by atoms with van der Waals surface area (Å²) >= 11 is 0. The van der Waals surface area contributed by atoms with Crippen LogP contribution in [0.4, 0.5) is 0 Å². The van der Waals surface area contributed by atoms with E-state index in [9.17, 15) is 9.36 Å². The number of carbonyl (C=O) groups is 1. The van der Waals surface area contributed by atoms with Gasteiger partial charge in [-0.25, -0.2) is 0 Å². The van der Waals surface area contributed by atoms with E-state index in [-0.39, 0.29) is 18.2 Å². The molecule has 1 fully saturated rings. The van der Waals surface area contributed by atoms with Crippen molar-refractivity contribution in [3.05, 3.63) is 0 Å². The van der Waals surface area contributed by atoms with Gasteiger partial charge in [-0.1, -0.05) is 129 Å². The normalized spacial score (nSPS) is 15.9. The molecule has 0 saturated carbocycles. The first-order valence-electron chi connectivity index (χ1n) is 14.7. The SMILES string of the molecule is CCCCCCCCCCCCOP(=O)(CC1CC(=O)O1)OCCCCCCCCCCCC. The van der Waals surface area contributed by atoms with Crippen molar-refractivity contribution in [3.63, 3.8) is 0 Å². The highest BCUT2D eigenvalue weighted by Gasteiger charge is 2.37. The lowest BCUT2D eigenvalue weighted by atomic mass is 10.1. The number of hydrogen-bond donors (Lipinski definition) is 0. The predicted octanol–water partition coefficient (Wildman–Crippen LogP) is 9.37. The van der Waals surface area contributed by atoms with Gasteiger partial charge in [-0.15, -0.1) is 0 Å². The summed E-state index contributed by atoms with van der Waals surface area (Å²) in [5, 5.41) is 0. The zero-order valence-electron chi connectivity index (χ0n) is 22.5. The fourth-order valence-electron chi connectivity index (χ4n) is 4.44. The molecule has 0 amide bonds. The van der Waals surface area contributed by atoms with E-state index in [0.29, 0.717) is 19.6 Å². The minimum atomic E-state index is -3.20. The Morgan fingerprint density at radius 1 is 0.647 bits per heavy atom. The van der Waals surface area contributed by atoms with Crippen molar-refractivity contribution < 1.29 is 23.1 Å². The van der Waals surface area contributed by atoms with Crippen molar-refractivity contribution in [2.45, 2.75) is 155 Å². The van der Waals surface area contributed by atoms with E-state index < -0.39 is 7.60 Å². The second kappa shape index (κ2) is 21.9. The molecule has 1 unspecified atom stereocenters. The van der Waals surface area contributed by atoms with Gasteiger partial charge < -0.3 is 13.8 Å². The van der Waals surface area contributed by atoms with Gasteiger partial charge in [0.05, 0.1) is 25.8 Å². The number of carbonyl (C=O) groups excluding carboxylic acids is 1. The molecule has 1 aliphatic rings. The third-order valence-electron chi connectivity index (χ3n) is 6.69. The Hall–Kier alpha value is -0.380. The molecule has 34 heavy (non-hydrogen) atoms. The van der Waals surface area contributed by atoms with E-state index in [1.807, 2.05) is 0 Å². The van der Waals surface area contributed by atoms with Crippen LogP contribution in [0.25, 0.3) is 0 Å². The van der Waals surface area contributed by atoms with Crippen LogP contribution >= 0.6 is 7.60 Å². The molecule has 0 aromatic heterocycles. The van der Waals surface area contributed by atoms with Crippen LogP contribution < -0.4 is 0 Å². The van der Waals surface area contributed by atoms with Crippen molar-refractivity contribution in [1.29, 1.82) is 0 Å². The van der Waals surface area contributed by atoms with Gasteiger partial charge in [0.2, 0.25) is 0 Å². The van der Waals surface area contributed by atoms with E-state index in [4.69, 9.17) is 13.8 Å². The lowest BCUT2D eigenvalue weighted by Crippen LogP contribution is -2.36.